The highest BCUT2D eigenvalue weighted by Gasteiger charge is 2.10. The molecule has 116 valence electrons. The molecule has 0 amide bonds. The van der Waals surface area contributed by atoms with E-state index in [9.17, 15) is 4.79 Å². The molecule has 0 bridgehead atoms. The van der Waals surface area contributed by atoms with Crippen molar-refractivity contribution in [3.63, 3.8) is 0 Å². The first-order chi connectivity index (χ1) is 11.2. The van der Waals surface area contributed by atoms with E-state index < -0.39 is 0 Å². The summed E-state index contributed by atoms with van der Waals surface area (Å²) >= 11 is 1.51. The molecule has 0 radical (unpaired) electrons. The van der Waals surface area contributed by atoms with Gasteiger partial charge in [0, 0.05) is 23.5 Å². The number of anilines is 2. The summed E-state index contributed by atoms with van der Waals surface area (Å²) in [7, 11) is 1.36. The van der Waals surface area contributed by atoms with Crippen molar-refractivity contribution in [2.75, 3.05) is 12.4 Å². The Labute approximate surface area is 137 Å². The lowest BCUT2D eigenvalue weighted by Gasteiger charge is -2.10. The van der Waals surface area contributed by atoms with Gasteiger partial charge < -0.3 is 10.1 Å². The van der Waals surface area contributed by atoms with Crippen LogP contribution in [0.4, 0.5) is 11.6 Å². The summed E-state index contributed by atoms with van der Waals surface area (Å²) in [5.41, 5.74) is 2.95. The van der Waals surface area contributed by atoms with Crippen molar-refractivity contribution < 1.29 is 9.53 Å². The number of thiazole rings is 1. The van der Waals surface area contributed by atoms with E-state index in [0.717, 1.165) is 22.0 Å². The minimum atomic E-state index is -0.384. The predicted octanol–water partition coefficient (Wildman–Crippen LogP) is 3.44. The van der Waals surface area contributed by atoms with Crippen molar-refractivity contribution in [1.82, 2.24) is 15.0 Å². The molecule has 0 spiro atoms. The standard InChI is InChI=1S/C16H14N4O2S/c1-10-3-4-11(15(21)22-2)9-13(10)20-16-18-6-5-12(19-16)14-17-7-8-23-14/h3-9H,1-2H3,(H,18,19,20). The predicted molar refractivity (Wildman–Crippen MR) is 88.9 cm³/mol. The van der Waals surface area contributed by atoms with Gasteiger partial charge in [0.2, 0.25) is 5.95 Å². The second kappa shape index (κ2) is 6.53. The van der Waals surface area contributed by atoms with Crippen LogP contribution in [0.25, 0.3) is 10.7 Å². The summed E-state index contributed by atoms with van der Waals surface area (Å²) in [6.45, 7) is 1.94. The summed E-state index contributed by atoms with van der Waals surface area (Å²) in [5.74, 6) is 0.0633. The van der Waals surface area contributed by atoms with Gasteiger partial charge in [0.1, 0.15) is 10.7 Å². The molecule has 2 aromatic heterocycles. The van der Waals surface area contributed by atoms with Crippen LogP contribution in [0.3, 0.4) is 0 Å². The molecule has 2 heterocycles. The third-order valence-electron chi connectivity index (χ3n) is 3.21. The average Bonchev–Trinajstić information content (AvgIpc) is 3.11. The molecule has 3 rings (SSSR count). The smallest absolute Gasteiger partial charge is 0.337 e. The van der Waals surface area contributed by atoms with Gasteiger partial charge in [-0.2, -0.15) is 0 Å². The van der Waals surface area contributed by atoms with Crippen LogP contribution < -0.4 is 5.32 Å². The van der Waals surface area contributed by atoms with Gasteiger partial charge in [0.05, 0.1) is 12.7 Å². The SMILES string of the molecule is COC(=O)c1ccc(C)c(Nc2nccc(-c3nccs3)n2)c1. The highest BCUT2D eigenvalue weighted by Crippen LogP contribution is 2.23. The molecular weight excluding hydrogens is 312 g/mol. The highest BCUT2D eigenvalue weighted by atomic mass is 32.1. The Hall–Kier alpha value is -2.80. The molecule has 3 aromatic rings. The van der Waals surface area contributed by atoms with Crippen molar-refractivity contribution in [3.05, 3.63) is 53.2 Å². The van der Waals surface area contributed by atoms with E-state index in [2.05, 4.69) is 20.3 Å². The zero-order valence-corrected chi connectivity index (χ0v) is 13.4. The molecule has 0 fully saturated rings. The molecule has 23 heavy (non-hydrogen) atoms. The molecule has 6 nitrogen and oxygen atoms in total. The van der Waals surface area contributed by atoms with E-state index in [4.69, 9.17) is 4.74 Å². The monoisotopic (exact) mass is 326 g/mol. The number of methoxy groups -OCH3 is 1. The minimum absolute atomic E-state index is 0.384. The number of carbonyl (C=O) groups excluding carboxylic acids is 1. The molecule has 1 aromatic carbocycles. The topological polar surface area (TPSA) is 77.0 Å². The Morgan fingerprint density at radius 2 is 2.09 bits per heavy atom. The maximum Gasteiger partial charge on any atom is 0.337 e. The molecule has 0 saturated carbocycles. The number of nitrogens with zero attached hydrogens (tertiary/aromatic N) is 3. The number of ether oxygens (including phenoxy) is 1. The first-order valence-electron chi connectivity index (χ1n) is 6.86. The van der Waals surface area contributed by atoms with Gasteiger partial charge >= 0.3 is 5.97 Å². The van der Waals surface area contributed by atoms with Crippen molar-refractivity contribution in [2.24, 2.45) is 0 Å². The lowest BCUT2D eigenvalue weighted by Crippen LogP contribution is -2.04. The van der Waals surface area contributed by atoms with E-state index in [1.165, 1.54) is 18.4 Å². The molecule has 0 aliphatic rings. The fraction of sp³-hybridized carbons (Fsp3) is 0.125. The number of rotatable bonds is 4. The van der Waals surface area contributed by atoms with E-state index in [1.54, 1.807) is 24.5 Å². The van der Waals surface area contributed by atoms with Crippen LogP contribution in [0.1, 0.15) is 15.9 Å². The molecule has 0 atom stereocenters. The fourth-order valence-corrected chi connectivity index (χ4v) is 2.62. The van der Waals surface area contributed by atoms with Crippen molar-refractivity contribution in [3.8, 4) is 10.7 Å². The fourth-order valence-electron chi connectivity index (χ4n) is 2.01. The zero-order valence-electron chi connectivity index (χ0n) is 12.6. The van der Waals surface area contributed by atoms with E-state index in [1.807, 2.05) is 24.4 Å². The van der Waals surface area contributed by atoms with Crippen molar-refractivity contribution in [2.45, 2.75) is 6.92 Å². The molecule has 0 saturated heterocycles. The largest absolute Gasteiger partial charge is 0.465 e. The Balaban J connectivity index is 1.90. The van der Waals surface area contributed by atoms with Gasteiger partial charge in [-0.3, -0.25) is 0 Å². The van der Waals surface area contributed by atoms with Gasteiger partial charge in [0.15, 0.2) is 0 Å². The van der Waals surface area contributed by atoms with E-state index >= 15 is 0 Å². The summed E-state index contributed by atoms with van der Waals surface area (Å²) < 4.78 is 4.74. The summed E-state index contributed by atoms with van der Waals surface area (Å²) in [4.78, 5) is 24.6. The third-order valence-corrected chi connectivity index (χ3v) is 4.01. The highest BCUT2D eigenvalue weighted by molar-refractivity contribution is 7.13. The lowest BCUT2D eigenvalue weighted by molar-refractivity contribution is 0.0601. The van der Waals surface area contributed by atoms with Crippen LogP contribution in [0, 0.1) is 6.92 Å². The Morgan fingerprint density at radius 1 is 1.22 bits per heavy atom. The van der Waals surface area contributed by atoms with Crippen LogP contribution in [0.2, 0.25) is 0 Å². The van der Waals surface area contributed by atoms with Gasteiger partial charge in [-0.25, -0.2) is 19.7 Å². The van der Waals surface area contributed by atoms with Gasteiger partial charge in [-0.05, 0) is 30.7 Å². The molecule has 1 N–H and O–H groups in total. The average molecular weight is 326 g/mol. The number of esters is 1. The van der Waals surface area contributed by atoms with Crippen LogP contribution in [-0.2, 0) is 4.74 Å². The van der Waals surface area contributed by atoms with Crippen molar-refractivity contribution in [1.29, 1.82) is 0 Å². The normalized spacial score (nSPS) is 10.3. The molecule has 0 aliphatic heterocycles. The van der Waals surface area contributed by atoms with Gasteiger partial charge in [-0.15, -0.1) is 11.3 Å². The number of benzene rings is 1. The quantitative estimate of drug-likeness (QED) is 0.740. The Morgan fingerprint density at radius 3 is 2.83 bits per heavy atom. The van der Waals surface area contributed by atoms with E-state index in [0.29, 0.717) is 11.5 Å². The third kappa shape index (κ3) is 3.35. The van der Waals surface area contributed by atoms with Gasteiger partial charge in [-0.1, -0.05) is 6.07 Å². The number of hydrogen-bond acceptors (Lipinski definition) is 7. The van der Waals surface area contributed by atoms with Crippen molar-refractivity contribution >= 4 is 28.9 Å². The number of carbonyl (C=O) groups is 1. The number of aromatic nitrogens is 3. The molecule has 0 aliphatic carbocycles. The lowest BCUT2D eigenvalue weighted by atomic mass is 10.1. The first kappa shape index (κ1) is 15.1. The number of hydrogen-bond donors (Lipinski definition) is 1. The second-order valence-electron chi connectivity index (χ2n) is 4.75. The second-order valence-corrected chi connectivity index (χ2v) is 5.64. The minimum Gasteiger partial charge on any atom is -0.465 e. The molecule has 0 unspecified atom stereocenters. The summed E-state index contributed by atoms with van der Waals surface area (Å²) in [6.07, 6.45) is 3.41. The van der Waals surface area contributed by atoms with Crippen LogP contribution in [0.5, 0.6) is 0 Å². The van der Waals surface area contributed by atoms with Crippen LogP contribution in [0.15, 0.2) is 42.0 Å². The molecular formula is C16H14N4O2S. The summed E-state index contributed by atoms with van der Waals surface area (Å²) in [6, 6.07) is 7.10. The first-order valence-corrected chi connectivity index (χ1v) is 7.74. The summed E-state index contributed by atoms with van der Waals surface area (Å²) in [5, 5.41) is 5.87. The number of nitrogens with one attached hydrogen (secondary N) is 1. The van der Waals surface area contributed by atoms with Crippen LogP contribution in [-0.4, -0.2) is 28.0 Å². The van der Waals surface area contributed by atoms with E-state index in [-0.39, 0.29) is 5.97 Å². The Bertz CT molecular complexity index is 834. The Kier molecular flexibility index (Phi) is 4.29. The maximum atomic E-state index is 11.7. The zero-order chi connectivity index (χ0) is 16.2. The molecule has 7 heteroatoms. The van der Waals surface area contributed by atoms with Gasteiger partial charge in [0.25, 0.3) is 0 Å². The number of aryl methyl sites for hydroxylation is 1. The maximum absolute atomic E-state index is 11.7. The van der Waals surface area contributed by atoms with Crippen LogP contribution >= 0.6 is 11.3 Å².